The van der Waals surface area contributed by atoms with Gasteiger partial charge in [-0.25, -0.2) is 14.8 Å². The molecule has 2 N–H and O–H groups in total. The number of nitrogens with zero attached hydrogens (tertiary/aromatic N) is 4. The molecule has 0 bridgehead atoms. The number of hydrogen-bond donors (Lipinski definition) is 2. The van der Waals surface area contributed by atoms with Crippen molar-refractivity contribution in [1.29, 1.82) is 0 Å². The molecule has 0 unspecified atom stereocenters. The Kier molecular flexibility index (Phi) is 9.24. The Hall–Kier alpha value is -4.19. The summed E-state index contributed by atoms with van der Waals surface area (Å²) in [6, 6.07) is 10.7. The fraction of sp³-hybridized carbons (Fsp3) is 0.438. The number of carbonyl (C=O) groups excluding carboxylic acids is 1. The highest BCUT2D eigenvalue weighted by atomic mass is 19.4. The second kappa shape index (κ2) is 12.4. The maximum atomic E-state index is 14.6. The van der Waals surface area contributed by atoms with Crippen molar-refractivity contribution in [3.8, 4) is 0 Å². The van der Waals surface area contributed by atoms with Crippen LogP contribution in [-0.2, 0) is 20.5 Å². The number of rotatable bonds is 8. The van der Waals surface area contributed by atoms with Crippen LogP contribution < -0.4 is 10.2 Å². The molecule has 4 rings (SSSR count). The molecule has 0 radical (unpaired) electrons. The van der Waals surface area contributed by atoms with Crippen molar-refractivity contribution in [3.05, 3.63) is 83.2 Å². The molecule has 9 nitrogen and oxygen atoms in total. The number of pyridine rings is 2. The first-order valence-electron chi connectivity index (χ1n) is 14.1. The minimum atomic E-state index is -4.63. The van der Waals surface area contributed by atoms with E-state index in [1.165, 1.54) is 18.9 Å². The number of ether oxygens (including phenoxy) is 1. The van der Waals surface area contributed by atoms with Crippen molar-refractivity contribution in [2.24, 2.45) is 11.3 Å². The van der Waals surface area contributed by atoms with Crippen molar-refractivity contribution >= 4 is 23.5 Å². The molecule has 0 aliphatic carbocycles. The zero-order chi connectivity index (χ0) is 32.6. The number of carboxylic acids is 1. The van der Waals surface area contributed by atoms with Gasteiger partial charge in [0.1, 0.15) is 17.7 Å². The van der Waals surface area contributed by atoms with E-state index in [1.807, 2.05) is 20.8 Å². The van der Waals surface area contributed by atoms with Gasteiger partial charge in [-0.1, -0.05) is 57.2 Å². The number of aliphatic carboxylic acids is 1. The third-order valence-electron chi connectivity index (χ3n) is 7.89. The van der Waals surface area contributed by atoms with E-state index in [2.05, 4.69) is 15.3 Å². The van der Waals surface area contributed by atoms with Crippen LogP contribution in [0.15, 0.2) is 60.8 Å². The molecule has 2 aromatic heterocycles. The van der Waals surface area contributed by atoms with Gasteiger partial charge >= 0.3 is 12.1 Å². The Balaban J connectivity index is 2.00. The number of nitrogens with one attached hydrogen (secondary N) is 1. The number of likely N-dealkylation sites (tertiary alicyclic amines) is 1. The number of benzene rings is 1. The van der Waals surface area contributed by atoms with Gasteiger partial charge in [-0.15, -0.1) is 0 Å². The summed E-state index contributed by atoms with van der Waals surface area (Å²) in [7, 11) is 4.91. The van der Waals surface area contributed by atoms with E-state index in [4.69, 9.17) is 4.74 Å². The standard InChI is InChI=1S/C32H38F3N5O4/c1-18-16-20(32(33,34)35)17-22(37-18)38-24-23(31(2,3)4)26(30(42)43)40(25(24)21-14-11-15-36-28(21)39(5)6)29(41)27(44-7)19-12-9-8-10-13-19/h8-17,23-27H,1-7H3,(H,37,38)(H,42,43)/t23-,24-,25-,26-,27-/m1/s1. The smallest absolute Gasteiger partial charge is 0.416 e. The number of carboxylic acid groups (broad SMARTS) is 1. The third kappa shape index (κ3) is 6.50. The van der Waals surface area contributed by atoms with E-state index < -0.39 is 59.2 Å². The first-order valence-corrected chi connectivity index (χ1v) is 14.1. The van der Waals surface area contributed by atoms with Crippen LogP contribution in [0, 0.1) is 18.3 Å². The number of hydrogen-bond acceptors (Lipinski definition) is 7. The summed E-state index contributed by atoms with van der Waals surface area (Å²) in [6.07, 6.45) is -4.19. The Morgan fingerprint density at radius 1 is 1.07 bits per heavy atom. The van der Waals surface area contributed by atoms with Crippen LogP contribution in [-0.4, -0.2) is 65.1 Å². The van der Waals surface area contributed by atoms with Crippen molar-refractivity contribution in [3.63, 3.8) is 0 Å². The number of halogens is 3. The molecule has 44 heavy (non-hydrogen) atoms. The fourth-order valence-corrected chi connectivity index (χ4v) is 6.22. The van der Waals surface area contributed by atoms with Gasteiger partial charge in [0, 0.05) is 44.6 Å². The van der Waals surface area contributed by atoms with Crippen LogP contribution in [0.25, 0.3) is 0 Å². The molecule has 3 aromatic rings. The highest BCUT2D eigenvalue weighted by molar-refractivity contribution is 5.89. The van der Waals surface area contributed by atoms with E-state index >= 15 is 0 Å². The second-order valence-electron chi connectivity index (χ2n) is 12.3. The third-order valence-corrected chi connectivity index (χ3v) is 7.89. The van der Waals surface area contributed by atoms with E-state index in [1.54, 1.807) is 67.7 Å². The van der Waals surface area contributed by atoms with Gasteiger partial charge in [0.2, 0.25) is 0 Å². The fourth-order valence-electron chi connectivity index (χ4n) is 6.22. The highest BCUT2D eigenvalue weighted by Gasteiger charge is 2.59. The number of anilines is 2. The minimum Gasteiger partial charge on any atom is -0.480 e. The summed E-state index contributed by atoms with van der Waals surface area (Å²) >= 11 is 0. The molecule has 5 atom stereocenters. The second-order valence-corrected chi connectivity index (χ2v) is 12.3. The van der Waals surface area contributed by atoms with Crippen LogP contribution in [0.4, 0.5) is 24.8 Å². The van der Waals surface area contributed by atoms with E-state index in [9.17, 15) is 27.9 Å². The van der Waals surface area contributed by atoms with Gasteiger partial charge in [-0.2, -0.15) is 13.2 Å². The van der Waals surface area contributed by atoms with E-state index in [0.717, 1.165) is 12.1 Å². The van der Waals surface area contributed by atoms with Crippen molar-refractivity contribution in [1.82, 2.24) is 14.9 Å². The molecule has 1 fully saturated rings. The lowest BCUT2D eigenvalue weighted by atomic mass is 9.72. The molecule has 12 heteroatoms. The van der Waals surface area contributed by atoms with Gasteiger partial charge in [0.05, 0.1) is 17.6 Å². The van der Waals surface area contributed by atoms with Gasteiger partial charge in [0.25, 0.3) is 5.91 Å². The first-order chi connectivity index (χ1) is 20.6. The Morgan fingerprint density at radius 3 is 2.27 bits per heavy atom. The molecule has 1 aromatic carbocycles. The monoisotopic (exact) mass is 613 g/mol. The Morgan fingerprint density at radius 2 is 1.73 bits per heavy atom. The largest absolute Gasteiger partial charge is 0.480 e. The molecule has 1 saturated heterocycles. The number of amides is 1. The molecular formula is C32H38F3N5O4. The molecule has 1 aliphatic heterocycles. The van der Waals surface area contributed by atoms with Gasteiger partial charge in [-0.05, 0) is 36.1 Å². The lowest BCUT2D eigenvalue weighted by molar-refractivity contribution is -0.157. The molecule has 0 spiro atoms. The molecular weight excluding hydrogens is 575 g/mol. The van der Waals surface area contributed by atoms with Crippen molar-refractivity contribution in [2.45, 2.75) is 58.1 Å². The summed E-state index contributed by atoms with van der Waals surface area (Å²) in [4.78, 5) is 39.7. The van der Waals surface area contributed by atoms with Crippen LogP contribution >= 0.6 is 0 Å². The molecule has 3 heterocycles. The lowest BCUT2D eigenvalue weighted by Gasteiger charge is -2.35. The molecule has 1 amide bonds. The van der Waals surface area contributed by atoms with Crippen LogP contribution in [0.2, 0.25) is 0 Å². The van der Waals surface area contributed by atoms with E-state index in [-0.39, 0.29) is 11.5 Å². The first kappa shape index (κ1) is 32.7. The summed E-state index contributed by atoms with van der Waals surface area (Å²) in [6.45, 7) is 7.00. The molecule has 236 valence electrons. The summed E-state index contributed by atoms with van der Waals surface area (Å²) in [5, 5.41) is 13.9. The highest BCUT2D eigenvalue weighted by Crippen LogP contribution is 2.51. The lowest BCUT2D eigenvalue weighted by Crippen LogP contribution is -2.48. The summed E-state index contributed by atoms with van der Waals surface area (Å²) in [5.74, 6) is -2.26. The van der Waals surface area contributed by atoms with Gasteiger partial charge in [-0.3, -0.25) is 4.79 Å². The maximum Gasteiger partial charge on any atom is 0.416 e. The van der Waals surface area contributed by atoms with Crippen LogP contribution in [0.3, 0.4) is 0 Å². The molecule has 0 saturated carbocycles. The topological polar surface area (TPSA) is 108 Å². The normalized spacial score (nSPS) is 21.2. The Bertz CT molecular complexity index is 1490. The van der Waals surface area contributed by atoms with Crippen molar-refractivity contribution < 1.29 is 32.6 Å². The van der Waals surface area contributed by atoms with Gasteiger partial charge < -0.3 is 25.0 Å². The number of aromatic nitrogens is 2. The van der Waals surface area contributed by atoms with Crippen molar-refractivity contribution in [2.75, 3.05) is 31.4 Å². The van der Waals surface area contributed by atoms with Crippen LogP contribution in [0.5, 0.6) is 0 Å². The predicted octanol–water partition coefficient (Wildman–Crippen LogP) is 5.74. The quantitative estimate of drug-likeness (QED) is 0.332. The average molecular weight is 614 g/mol. The predicted molar refractivity (Wildman–Crippen MR) is 160 cm³/mol. The SMILES string of the molecule is CO[C@@H](C(=O)N1[C@H](c2cccnc2N(C)C)[C@H](Nc2cc(C(F)(F)F)cc(C)n2)[C@@H](C(C)(C)C)[C@@H]1C(=O)O)c1ccccc1. The number of carbonyl (C=O) groups is 2. The Labute approximate surface area is 255 Å². The number of methoxy groups -OCH3 is 1. The molecule has 1 aliphatic rings. The van der Waals surface area contributed by atoms with Crippen LogP contribution in [0.1, 0.15) is 55.3 Å². The summed E-state index contributed by atoms with van der Waals surface area (Å²) in [5.41, 5.74) is -0.462. The maximum absolute atomic E-state index is 14.6. The number of alkyl halides is 3. The van der Waals surface area contributed by atoms with Gasteiger partial charge in [0.15, 0.2) is 6.10 Å². The minimum absolute atomic E-state index is 0.0818. The average Bonchev–Trinajstić information content (AvgIpc) is 3.28. The number of aryl methyl sites for hydroxylation is 1. The van der Waals surface area contributed by atoms with E-state index in [0.29, 0.717) is 16.9 Å². The summed E-state index contributed by atoms with van der Waals surface area (Å²) < 4.78 is 47.1. The zero-order valence-corrected chi connectivity index (χ0v) is 25.8. The zero-order valence-electron chi connectivity index (χ0n) is 25.8.